The second-order valence-corrected chi connectivity index (χ2v) is 4.41. The maximum atomic E-state index is 11.6. The van der Waals surface area contributed by atoms with E-state index in [0.717, 1.165) is 0 Å². The molecule has 0 spiro atoms. The van der Waals surface area contributed by atoms with Gasteiger partial charge < -0.3 is 15.2 Å². The number of rotatable bonds is 7. The van der Waals surface area contributed by atoms with Crippen molar-refractivity contribution < 1.29 is 19.4 Å². The highest BCUT2D eigenvalue weighted by molar-refractivity contribution is 5.83. The number of carboxylic acid groups (broad SMARTS) is 1. The van der Waals surface area contributed by atoms with E-state index in [2.05, 4.69) is 10.3 Å². The predicted molar refractivity (Wildman–Crippen MR) is 68.8 cm³/mol. The van der Waals surface area contributed by atoms with E-state index in [1.54, 1.807) is 38.4 Å². The van der Waals surface area contributed by atoms with E-state index in [-0.39, 0.29) is 24.9 Å². The van der Waals surface area contributed by atoms with Gasteiger partial charge in [0.2, 0.25) is 5.91 Å². The van der Waals surface area contributed by atoms with E-state index in [4.69, 9.17) is 9.84 Å². The highest BCUT2D eigenvalue weighted by Gasteiger charge is 2.23. The Balaban J connectivity index is 2.33. The molecule has 0 saturated heterocycles. The van der Waals surface area contributed by atoms with Crippen molar-refractivity contribution >= 4 is 11.9 Å². The molecule has 1 rings (SSSR count). The number of carbonyl (C=O) groups is 2. The number of hydrogen-bond donors (Lipinski definition) is 2. The molecule has 0 aliphatic carbocycles. The van der Waals surface area contributed by atoms with Gasteiger partial charge in [-0.25, -0.2) is 4.79 Å². The van der Waals surface area contributed by atoms with Gasteiger partial charge in [-0.2, -0.15) is 0 Å². The van der Waals surface area contributed by atoms with Crippen LogP contribution in [-0.4, -0.2) is 34.6 Å². The van der Waals surface area contributed by atoms with Gasteiger partial charge in [0.1, 0.15) is 11.8 Å². The highest BCUT2D eigenvalue weighted by Crippen LogP contribution is 2.06. The summed E-state index contributed by atoms with van der Waals surface area (Å²) in [6, 6.07) is 2.60. The highest BCUT2D eigenvalue weighted by atomic mass is 16.5. The molecule has 1 aromatic heterocycles. The second kappa shape index (κ2) is 7.35. The molecule has 0 saturated carbocycles. The molecule has 1 aromatic rings. The Morgan fingerprint density at radius 2 is 2.21 bits per heavy atom. The third kappa shape index (κ3) is 5.37. The molecule has 0 fully saturated rings. The summed E-state index contributed by atoms with van der Waals surface area (Å²) in [4.78, 5) is 26.4. The molecule has 0 aromatic carbocycles. The van der Waals surface area contributed by atoms with Crippen LogP contribution in [0.4, 0.5) is 0 Å². The molecule has 0 aliphatic heterocycles. The Hall–Kier alpha value is -2.11. The average Bonchev–Trinajstić information content (AvgIpc) is 2.36. The van der Waals surface area contributed by atoms with Gasteiger partial charge in [-0.3, -0.25) is 9.78 Å². The fraction of sp³-hybridized carbons (Fsp3) is 0.462. The fourth-order valence-electron chi connectivity index (χ4n) is 1.45. The molecule has 1 amide bonds. The summed E-state index contributed by atoms with van der Waals surface area (Å²) in [5.74, 6) is -0.962. The number of nitrogens with zero attached hydrogens (tertiary/aromatic N) is 1. The minimum Gasteiger partial charge on any atom is -0.491 e. The molecule has 0 unspecified atom stereocenters. The topological polar surface area (TPSA) is 88.5 Å². The number of amides is 1. The van der Waals surface area contributed by atoms with Crippen LogP contribution in [0.25, 0.3) is 0 Å². The van der Waals surface area contributed by atoms with E-state index in [1.807, 2.05) is 0 Å². The summed E-state index contributed by atoms with van der Waals surface area (Å²) >= 11 is 0. The van der Waals surface area contributed by atoms with Crippen LogP contribution in [0.1, 0.15) is 20.3 Å². The molecule has 0 radical (unpaired) electrons. The van der Waals surface area contributed by atoms with Crippen molar-refractivity contribution in [2.75, 3.05) is 6.61 Å². The lowest BCUT2D eigenvalue weighted by molar-refractivity contribution is -0.143. The van der Waals surface area contributed by atoms with E-state index >= 15 is 0 Å². The number of carboxylic acids is 1. The van der Waals surface area contributed by atoms with Crippen LogP contribution in [0, 0.1) is 5.92 Å². The van der Waals surface area contributed by atoms with Gasteiger partial charge in [-0.15, -0.1) is 0 Å². The number of aromatic nitrogens is 1. The number of pyridine rings is 1. The van der Waals surface area contributed by atoms with Gasteiger partial charge in [0.15, 0.2) is 0 Å². The zero-order valence-corrected chi connectivity index (χ0v) is 11.0. The summed E-state index contributed by atoms with van der Waals surface area (Å²) in [5.41, 5.74) is 0. The average molecular weight is 266 g/mol. The first-order valence-electron chi connectivity index (χ1n) is 6.05. The number of hydrogen-bond acceptors (Lipinski definition) is 4. The van der Waals surface area contributed by atoms with Crippen LogP contribution >= 0.6 is 0 Å². The lowest BCUT2D eigenvalue weighted by Crippen LogP contribution is -2.44. The van der Waals surface area contributed by atoms with Gasteiger partial charge in [0, 0.05) is 6.20 Å². The molecule has 1 heterocycles. The SMILES string of the molecule is CC(C)[C@H](NC(=O)CCOc1cccnc1)C(=O)O. The summed E-state index contributed by atoms with van der Waals surface area (Å²) < 4.78 is 5.31. The molecule has 0 aliphatic rings. The van der Waals surface area contributed by atoms with Crippen LogP contribution in [0.3, 0.4) is 0 Å². The lowest BCUT2D eigenvalue weighted by Gasteiger charge is -2.17. The molecule has 6 nitrogen and oxygen atoms in total. The Morgan fingerprint density at radius 3 is 2.74 bits per heavy atom. The first kappa shape index (κ1) is 14.9. The summed E-state index contributed by atoms with van der Waals surface area (Å²) in [6.45, 7) is 3.67. The van der Waals surface area contributed by atoms with Crippen LogP contribution in [0.15, 0.2) is 24.5 Å². The Kier molecular flexibility index (Phi) is 5.78. The minimum absolute atomic E-state index is 0.103. The first-order chi connectivity index (χ1) is 9.00. The largest absolute Gasteiger partial charge is 0.491 e. The van der Waals surface area contributed by atoms with Crippen molar-refractivity contribution in [1.82, 2.24) is 10.3 Å². The van der Waals surface area contributed by atoms with Crippen LogP contribution in [0.5, 0.6) is 5.75 Å². The van der Waals surface area contributed by atoms with Crippen molar-refractivity contribution in [3.8, 4) is 5.75 Å². The number of aliphatic carboxylic acids is 1. The van der Waals surface area contributed by atoms with E-state index in [9.17, 15) is 9.59 Å². The molecule has 1 atom stereocenters. The first-order valence-corrected chi connectivity index (χ1v) is 6.05. The number of nitrogens with one attached hydrogen (secondary N) is 1. The molecule has 104 valence electrons. The molecule has 2 N–H and O–H groups in total. The number of ether oxygens (including phenoxy) is 1. The minimum atomic E-state index is -1.03. The Bertz CT molecular complexity index is 420. The normalized spacial score (nSPS) is 11.9. The third-order valence-corrected chi connectivity index (χ3v) is 2.48. The maximum absolute atomic E-state index is 11.6. The quantitative estimate of drug-likeness (QED) is 0.770. The third-order valence-electron chi connectivity index (χ3n) is 2.48. The Morgan fingerprint density at radius 1 is 1.47 bits per heavy atom. The van der Waals surface area contributed by atoms with Gasteiger partial charge in [0.25, 0.3) is 0 Å². The van der Waals surface area contributed by atoms with E-state index < -0.39 is 12.0 Å². The fourth-order valence-corrected chi connectivity index (χ4v) is 1.45. The summed E-state index contributed by atoms with van der Waals surface area (Å²) in [6.07, 6.45) is 3.27. The van der Waals surface area contributed by atoms with Crippen molar-refractivity contribution in [2.45, 2.75) is 26.3 Å². The van der Waals surface area contributed by atoms with Crippen LogP contribution in [-0.2, 0) is 9.59 Å². The van der Waals surface area contributed by atoms with Crippen molar-refractivity contribution in [3.63, 3.8) is 0 Å². The predicted octanol–water partition coefficient (Wildman–Crippen LogP) is 1.08. The van der Waals surface area contributed by atoms with E-state index in [0.29, 0.717) is 5.75 Å². The molecular formula is C13H18N2O4. The maximum Gasteiger partial charge on any atom is 0.326 e. The van der Waals surface area contributed by atoms with Crippen molar-refractivity contribution in [3.05, 3.63) is 24.5 Å². The number of carbonyl (C=O) groups excluding carboxylic acids is 1. The van der Waals surface area contributed by atoms with Crippen LogP contribution in [0.2, 0.25) is 0 Å². The van der Waals surface area contributed by atoms with Gasteiger partial charge >= 0.3 is 5.97 Å². The summed E-state index contributed by atoms with van der Waals surface area (Å²) in [5, 5.41) is 11.4. The van der Waals surface area contributed by atoms with Crippen molar-refractivity contribution in [1.29, 1.82) is 0 Å². The van der Waals surface area contributed by atoms with E-state index in [1.165, 1.54) is 0 Å². The molecular weight excluding hydrogens is 248 g/mol. The van der Waals surface area contributed by atoms with Gasteiger partial charge in [-0.05, 0) is 18.1 Å². The monoisotopic (exact) mass is 266 g/mol. The zero-order valence-electron chi connectivity index (χ0n) is 11.0. The molecule has 6 heteroatoms. The van der Waals surface area contributed by atoms with Crippen molar-refractivity contribution in [2.24, 2.45) is 5.92 Å². The molecule has 19 heavy (non-hydrogen) atoms. The van der Waals surface area contributed by atoms with Gasteiger partial charge in [0.05, 0.1) is 19.2 Å². The van der Waals surface area contributed by atoms with Crippen LogP contribution < -0.4 is 10.1 Å². The second-order valence-electron chi connectivity index (χ2n) is 4.41. The smallest absolute Gasteiger partial charge is 0.326 e. The standard InChI is InChI=1S/C13H18N2O4/c1-9(2)12(13(17)18)15-11(16)5-7-19-10-4-3-6-14-8-10/h3-4,6,8-9,12H,5,7H2,1-2H3,(H,15,16)(H,17,18)/t12-/m0/s1. The van der Waals surface area contributed by atoms with Gasteiger partial charge in [-0.1, -0.05) is 13.8 Å². The lowest BCUT2D eigenvalue weighted by atomic mass is 10.0. The zero-order chi connectivity index (χ0) is 14.3. The molecule has 0 bridgehead atoms. The Labute approximate surface area is 111 Å². The summed E-state index contributed by atoms with van der Waals surface area (Å²) in [7, 11) is 0.